The molecule has 1 aromatic rings. The summed E-state index contributed by atoms with van der Waals surface area (Å²) in [7, 11) is 0. The second-order valence-corrected chi connectivity index (χ2v) is 6.83. The van der Waals surface area contributed by atoms with Gasteiger partial charge >= 0.3 is 6.61 Å². The van der Waals surface area contributed by atoms with Crippen molar-refractivity contribution in [2.45, 2.75) is 44.8 Å². The quantitative estimate of drug-likeness (QED) is 0.724. The summed E-state index contributed by atoms with van der Waals surface area (Å²) in [5.74, 6) is 0. The van der Waals surface area contributed by atoms with Gasteiger partial charge in [-0.25, -0.2) is 0 Å². The first-order valence-corrected chi connectivity index (χ1v) is 8.03. The number of halogens is 3. The second-order valence-electron chi connectivity index (χ2n) is 5.92. The second kappa shape index (κ2) is 6.05. The smallest absolute Gasteiger partial charge is 0.320 e. The molecule has 0 aliphatic heterocycles. The molecule has 3 nitrogen and oxygen atoms in total. The Kier molecular flexibility index (Phi) is 4.28. The van der Waals surface area contributed by atoms with E-state index in [1.165, 1.54) is 5.56 Å². The van der Waals surface area contributed by atoms with Crippen LogP contribution in [0.4, 0.5) is 8.78 Å². The van der Waals surface area contributed by atoms with Crippen LogP contribution in [0, 0.1) is 16.9 Å². The predicted octanol–water partition coefficient (Wildman–Crippen LogP) is 4.44. The summed E-state index contributed by atoms with van der Waals surface area (Å²) >= 11 is 3.45. The Balaban J connectivity index is 1.87. The summed E-state index contributed by atoms with van der Waals surface area (Å²) in [6.45, 7) is -2.72. The predicted molar refractivity (Wildman–Crippen MR) is 81.8 cm³/mol. The molecule has 0 bridgehead atoms. The molecule has 116 valence electrons. The Bertz CT molecular complexity index is 646. The van der Waals surface area contributed by atoms with Gasteiger partial charge in [0.2, 0.25) is 6.19 Å². The highest BCUT2D eigenvalue weighted by Crippen LogP contribution is 2.48. The highest BCUT2D eigenvalue weighted by molar-refractivity contribution is 9.10. The average Bonchev–Trinajstić information content (AvgIpc) is 2.76. The molecule has 1 saturated carbocycles. The van der Waals surface area contributed by atoms with E-state index >= 15 is 0 Å². The number of hydrogen-bond donors (Lipinski definition) is 0. The van der Waals surface area contributed by atoms with Crippen molar-refractivity contribution >= 4 is 21.6 Å². The number of aliphatic imine (C=N–C) groups is 1. The molecule has 22 heavy (non-hydrogen) atoms. The lowest BCUT2D eigenvalue weighted by Gasteiger charge is -2.37. The minimum absolute atomic E-state index is 0.208. The molecule has 1 aromatic carbocycles. The van der Waals surface area contributed by atoms with Crippen LogP contribution < -0.4 is 0 Å². The third-order valence-electron chi connectivity index (χ3n) is 4.71. The van der Waals surface area contributed by atoms with E-state index in [0.717, 1.165) is 35.0 Å². The summed E-state index contributed by atoms with van der Waals surface area (Å²) in [6, 6.07) is 6.01. The first-order valence-electron chi connectivity index (χ1n) is 7.24. The van der Waals surface area contributed by atoms with Crippen LogP contribution in [0.2, 0.25) is 0 Å². The Hall–Kier alpha value is -1.32. The molecule has 0 N–H and O–H groups in total. The van der Waals surface area contributed by atoms with Crippen molar-refractivity contribution in [1.29, 1.82) is 5.26 Å². The van der Waals surface area contributed by atoms with Crippen molar-refractivity contribution in [3.8, 4) is 6.19 Å². The van der Waals surface area contributed by atoms with Gasteiger partial charge in [0.15, 0.2) is 0 Å². The first-order chi connectivity index (χ1) is 10.5. The zero-order valence-electron chi connectivity index (χ0n) is 11.9. The first kappa shape index (κ1) is 15.6. The van der Waals surface area contributed by atoms with Gasteiger partial charge in [-0.1, -0.05) is 22.0 Å². The number of hydrogen-bond acceptors (Lipinski definition) is 3. The molecule has 0 atom stereocenters. The van der Waals surface area contributed by atoms with Gasteiger partial charge in [0.05, 0.1) is 11.8 Å². The topological polar surface area (TPSA) is 45.4 Å². The number of nitrogens with zero attached hydrogens (tertiary/aromatic N) is 2. The Morgan fingerprint density at radius 3 is 2.73 bits per heavy atom. The molecule has 0 heterocycles. The molecular formula is C16H15BrF2N2O. The lowest BCUT2D eigenvalue weighted by atomic mass is 9.70. The van der Waals surface area contributed by atoms with Crippen LogP contribution in [0.15, 0.2) is 27.7 Å². The molecule has 0 unspecified atom stereocenters. The van der Waals surface area contributed by atoms with Crippen LogP contribution in [-0.2, 0) is 11.2 Å². The Morgan fingerprint density at radius 1 is 1.36 bits per heavy atom. The number of rotatable bonds is 2. The average molecular weight is 369 g/mol. The third-order valence-corrected chi connectivity index (χ3v) is 5.20. The van der Waals surface area contributed by atoms with Crippen molar-refractivity contribution < 1.29 is 13.5 Å². The van der Waals surface area contributed by atoms with Crippen molar-refractivity contribution in [2.24, 2.45) is 10.4 Å². The highest BCUT2D eigenvalue weighted by Gasteiger charge is 2.46. The Morgan fingerprint density at radius 2 is 2.09 bits per heavy atom. The number of benzene rings is 1. The molecule has 3 rings (SSSR count). The van der Waals surface area contributed by atoms with Gasteiger partial charge in [0, 0.05) is 15.5 Å². The summed E-state index contributed by atoms with van der Waals surface area (Å²) in [4.78, 5) is 4.08. The third kappa shape index (κ3) is 2.80. The van der Waals surface area contributed by atoms with Gasteiger partial charge in [0.25, 0.3) is 0 Å². The molecule has 6 heteroatoms. The zero-order chi connectivity index (χ0) is 15.7. The van der Waals surface area contributed by atoms with E-state index in [2.05, 4.69) is 25.7 Å². The summed E-state index contributed by atoms with van der Waals surface area (Å²) in [5.41, 5.74) is 2.78. The van der Waals surface area contributed by atoms with E-state index in [-0.39, 0.29) is 5.41 Å². The fourth-order valence-electron chi connectivity index (χ4n) is 3.73. The van der Waals surface area contributed by atoms with Crippen LogP contribution in [0.3, 0.4) is 0 Å². The maximum Gasteiger partial charge on any atom is 0.345 e. The molecule has 2 aliphatic carbocycles. The number of ether oxygens (including phenoxy) is 1. The van der Waals surface area contributed by atoms with Gasteiger partial charge < -0.3 is 4.74 Å². The van der Waals surface area contributed by atoms with Crippen LogP contribution in [-0.4, -0.2) is 18.4 Å². The maximum atomic E-state index is 12.4. The van der Waals surface area contributed by atoms with Crippen LogP contribution in [0.1, 0.15) is 36.8 Å². The molecule has 0 amide bonds. The molecular weight excluding hydrogens is 354 g/mol. The van der Waals surface area contributed by atoms with Crippen LogP contribution in [0.5, 0.6) is 0 Å². The molecule has 1 spiro atoms. The van der Waals surface area contributed by atoms with E-state index in [4.69, 9.17) is 5.26 Å². The van der Waals surface area contributed by atoms with Gasteiger partial charge in [-0.15, -0.1) is 0 Å². The van der Waals surface area contributed by atoms with E-state index in [1.54, 1.807) is 0 Å². The fraction of sp³-hybridized carbons (Fsp3) is 0.500. The molecule has 0 saturated heterocycles. The van der Waals surface area contributed by atoms with Gasteiger partial charge in [-0.05, 0) is 49.8 Å². The van der Waals surface area contributed by atoms with E-state index in [0.29, 0.717) is 12.8 Å². The summed E-state index contributed by atoms with van der Waals surface area (Å²) in [6.07, 6.45) is 4.91. The number of nitriles is 1. The van der Waals surface area contributed by atoms with Crippen molar-refractivity contribution in [3.05, 3.63) is 33.8 Å². The summed E-state index contributed by atoms with van der Waals surface area (Å²) in [5, 5.41) is 9.03. The largest absolute Gasteiger partial charge is 0.345 e. The lowest BCUT2D eigenvalue weighted by Crippen LogP contribution is -2.36. The minimum atomic E-state index is -2.72. The monoisotopic (exact) mass is 368 g/mol. The molecule has 0 aromatic heterocycles. The van der Waals surface area contributed by atoms with Crippen molar-refractivity contribution in [3.63, 3.8) is 0 Å². The maximum absolute atomic E-state index is 12.4. The summed E-state index contributed by atoms with van der Waals surface area (Å²) < 4.78 is 30.3. The van der Waals surface area contributed by atoms with E-state index in [9.17, 15) is 8.78 Å². The van der Waals surface area contributed by atoms with Gasteiger partial charge in [-0.3, -0.25) is 0 Å². The number of alkyl halides is 2. The van der Waals surface area contributed by atoms with E-state index in [1.807, 2.05) is 24.4 Å². The fourth-order valence-corrected chi connectivity index (χ4v) is 4.09. The number of fused-ring (bicyclic) bond motifs is 1. The zero-order valence-corrected chi connectivity index (χ0v) is 13.4. The molecule has 2 aliphatic rings. The normalized spacial score (nSPS) is 29.0. The lowest BCUT2D eigenvalue weighted by molar-refractivity contribution is -0.172. The van der Waals surface area contributed by atoms with E-state index < -0.39 is 12.7 Å². The molecule has 0 radical (unpaired) electrons. The van der Waals surface area contributed by atoms with Crippen molar-refractivity contribution in [2.75, 3.05) is 0 Å². The Labute approximate surface area is 136 Å². The SMILES string of the molecule is N#C/N=C1/c2cc(Br)ccc2C[C@]12CC[C@H](OC(F)F)CC2. The van der Waals surface area contributed by atoms with Crippen molar-refractivity contribution in [1.82, 2.24) is 0 Å². The minimum Gasteiger partial charge on any atom is -0.320 e. The molecule has 1 fully saturated rings. The van der Waals surface area contributed by atoms with Gasteiger partial charge in [-0.2, -0.15) is 19.0 Å². The van der Waals surface area contributed by atoms with Gasteiger partial charge in [0.1, 0.15) is 0 Å². The van der Waals surface area contributed by atoms with Crippen LogP contribution >= 0.6 is 15.9 Å². The standard InChI is InChI=1S/C16H15BrF2N2O/c17-11-2-1-10-8-16(14(21-9-20)13(10)7-11)5-3-12(4-6-16)22-15(18)19/h1-2,7,12,15H,3-6,8H2/b21-14-/t12-,16+. The van der Waals surface area contributed by atoms with Crippen LogP contribution in [0.25, 0.3) is 0 Å². The highest BCUT2D eigenvalue weighted by atomic mass is 79.9.